The molecule has 5 nitrogen and oxygen atoms in total. The molecule has 1 saturated heterocycles. The number of benzene rings is 1. The molecule has 1 saturated carbocycles. The quantitative estimate of drug-likeness (QED) is 0.764. The van der Waals surface area contributed by atoms with Crippen LogP contribution in [0.25, 0.3) is 0 Å². The van der Waals surface area contributed by atoms with E-state index in [1.54, 1.807) is 0 Å². The summed E-state index contributed by atoms with van der Waals surface area (Å²) < 4.78 is 0.976. The second-order valence-electron chi connectivity index (χ2n) is 7.51. The Morgan fingerprint density at radius 1 is 1.15 bits per heavy atom. The van der Waals surface area contributed by atoms with E-state index in [9.17, 15) is 9.59 Å². The number of likely N-dealkylation sites (tertiary alicyclic amines) is 1. The molecular formula is C20H28BrN3O2. The number of aryl methyl sites for hydroxylation is 1. The lowest BCUT2D eigenvalue weighted by atomic mass is 9.78. The van der Waals surface area contributed by atoms with Gasteiger partial charge in [0.15, 0.2) is 0 Å². The third-order valence-corrected chi connectivity index (χ3v) is 6.11. The summed E-state index contributed by atoms with van der Waals surface area (Å²) in [7, 11) is 0. The van der Waals surface area contributed by atoms with Gasteiger partial charge in [0.2, 0.25) is 11.8 Å². The summed E-state index contributed by atoms with van der Waals surface area (Å²) in [6, 6.07) is 6.25. The van der Waals surface area contributed by atoms with Gasteiger partial charge in [0.05, 0.1) is 13.1 Å². The highest BCUT2D eigenvalue weighted by molar-refractivity contribution is 9.10. The van der Waals surface area contributed by atoms with Gasteiger partial charge in [-0.15, -0.1) is 0 Å². The van der Waals surface area contributed by atoms with Crippen LogP contribution in [0.1, 0.15) is 44.1 Å². The second kappa shape index (κ2) is 9.00. The number of fused-ring (bicyclic) bond motifs is 1. The molecule has 0 radical (unpaired) electrons. The van der Waals surface area contributed by atoms with E-state index in [0.717, 1.165) is 28.2 Å². The highest BCUT2D eigenvalue weighted by atomic mass is 79.9. The topological polar surface area (TPSA) is 61.4 Å². The minimum atomic E-state index is -0.196. The monoisotopic (exact) mass is 421 g/mol. The Morgan fingerprint density at radius 2 is 1.92 bits per heavy atom. The Bertz CT molecular complexity index is 662. The summed E-state index contributed by atoms with van der Waals surface area (Å²) in [6.45, 7) is 3.36. The highest BCUT2D eigenvalue weighted by Crippen LogP contribution is 2.34. The molecule has 1 aromatic rings. The average Bonchev–Trinajstić information content (AvgIpc) is 2.63. The van der Waals surface area contributed by atoms with Gasteiger partial charge >= 0.3 is 0 Å². The molecule has 2 fully saturated rings. The highest BCUT2D eigenvalue weighted by Gasteiger charge is 2.33. The van der Waals surface area contributed by atoms with Crippen LogP contribution in [0.15, 0.2) is 22.7 Å². The van der Waals surface area contributed by atoms with E-state index >= 15 is 0 Å². The van der Waals surface area contributed by atoms with E-state index in [0.29, 0.717) is 12.6 Å². The molecule has 0 bridgehead atoms. The number of carbonyl (C=O) groups is 2. The molecule has 0 aromatic heterocycles. The smallest absolute Gasteiger partial charge is 0.243 e. The summed E-state index contributed by atoms with van der Waals surface area (Å²) in [6.07, 6.45) is 7.60. The van der Waals surface area contributed by atoms with Crippen LogP contribution in [0.2, 0.25) is 0 Å². The molecular weight excluding hydrogens is 394 g/mol. The number of nitrogens with one attached hydrogen (secondary N) is 2. The predicted molar refractivity (Wildman–Crippen MR) is 107 cm³/mol. The van der Waals surface area contributed by atoms with Crippen molar-refractivity contribution in [3.8, 4) is 0 Å². The fourth-order valence-corrected chi connectivity index (χ4v) is 4.78. The molecule has 3 rings (SSSR count). The van der Waals surface area contributed by atoms with Crippen molar-refractivity contribution in [2.24, 2.45) is 5.92 Å². The lowest BCUT2D eigenvalue weighted by Crippen LogP contribution is -2.51. The van der Waals surface area contributed by atoms with Crippen LogP contribution in [-0.4, -0.2) is 42.4 Å². The first kappa shape index (κ1) is 19.4. The molecule has 142 valence electrons. The van der Waals surface area contributed by atoms with Gasteiger partial charge in [0.25, 0.3) is 0 Å². The maximum absolute atomic E-state index is 12.3. The van der Waals surface area contributed by atoms with Crippen molar-refractivity contribution in [3.63, 3.8) is 0 Å². The number of carbonyl (C=O) groups excluding carboxylic acids is 2. The zero-order valence-corrected chi connectivity index (χ0v) is 17.0. The van der Waals surface area contributed by atoms with E-state index in [4.69, 9.17) is 0 Å². The molecule has 26 heavy (non-hydrogen) atoms. The zero-order chi connectivity index (χ0) is 18.5. The van der Waals surface area contributed by atoms with E-state index in [1.165, 1.54) is 38.5 Å². The molecule has 6 heteroatoms. The number of piperidine rings is 1. The van der Waals surface area contributed by atoms with Crippen molar-refractivity contribution in [2.45, 2.75) is 51.5 Å². The summed E-state index contributed by atoms with van der Waals surface area (Å²) in [5.74, 6) is 0.505. The van der Waals surface area contributed by atoms with E-state index in [1.807, 2.05) is 25.1 Å². The first-order chi connectivity index (χ1) is 12.5. The van der Waals surface area contributed by atoms with Gasteiger partial charge in [0.1, 0.15) is 0 Å². The van der Waals surface area contributed by atoms with Crippen LogP contribution in [0, 0.1) is 12.8 Å². The lowest BCUT2D eigenvalue weighted by Gasteiger charge is -2.43. The number of nitrogens with zero attached hydrogens (tertiary/aromatic N) is 1. The molecule has 0 unspecified atom stereocenters. The number of anilines is 1. The lowest BCUT2D eigenvalue weighted by molar-refractivity contribution is -0.126. The molecule has 2 aliphatic rings. The number of rotatable bonds is 5. The third kappa shape index (κ3) is 5.07. The predicted octanol–water partition coefficient (Wildman–Crippen LogP) is 3.47. The Kier molecular flexibility index (Phi) is 6.70. The van der Waals surface area contributed by atoms with E-state index in [2.05, 4.69) is 31.5 Å². The van der Waals surface area contributed by atoms with Gasteiger partial charge < -0.3 is 10.6 Å². The normalized spacial score (nSPS) is 23.2. The van der Waals surface area contributed by atoms with Crippen LogP contribution in [0.3, 0.4) is 0 Å². The van der Waals surface area contributed by atoms with E-state index < -0.39 is 0 Å². The van der Waals surface area contributed by atoms with Gasteiger partial charge in [-0.1, -0.05) is 28.8 Å². The number of amides is 2. The fourth-order valence-electron chi connectivity index (χ4n) is 4.31. The van der Waals surface area contributed by atoms with Gasteiger partial charge in [-0.25, -0.2) is 0 Å². The molecule has 0 spiro atoms. The Labute approximate surface area is 164 Å². The standard InChI is InChI=1S/C20H28BrN3O2/c1-14-11-16(21)8-9-17(14)23-19(25)12-22-20(26)13-24-10-4-6-15-5-2-3-7-18(15)24/h8-9,11,15,18H,2-7,10,12-13H2,1H3,(H,22,26)(H,23,25)/t15-,18+/m1/s1. The van der Waals surface area contributed by atoms with Crippen molar-refractivity contribution in [3.05, 3.63) is 28.2 Å². The van der Waals surface area contributed by atoms with Gasteiger partial charge in [0, 0.05) is 16.2 Å². The van der Waals surface area contributed by atoms with Crippen molar-refractivity contribution >= 4 is 33.4 Å². The van der Waals surface area contributed by atoms with Crippen molar-refractivity contribution in [1.82, 2.24) is 10.2 Å². The van der Waals surface area contributed by atoms with Crippen molar-refractivity contribution < 1.29 is 9.59 Å². The Balaban J connectivity index is 1.45. The molecule has 2 atom stereocenters. The van der Waals surface area contributed by atoms with E-state index in [-0.39, 0.29) is 18.4 Å². The Hall–Kier alpha value is -1.40. The molecule has 1 aliphatic carbocycles. The van der Waals surface area contributed by atoms with Crippen LogP contribution < -0.4 is 10.6 Å². The maximum Gasteiger partial charge on any atom is 0.243 e. The van der Waals surface area contributed by atoms with Crippen LogP contribution in [0.5, 0.6) is 0 Å². The summed E-state index contributed by atoms with van der Waals surface area (Å²) >= 11 is 3.41. The molecule has 1 aliphatic heterocycles. The summed E-state index contributed by atoms with van der Waals surface area (Å²) in [5, 5.41) is 5.63. The number of halogens is 1. The van der Waals surface area contributed by atoms with Gasteiger partial charge in [-0.05, 0) is 68.8 Å². The molecule has 2 amide bonds. The number of hydrogen-bond acceptors (Lipinski definition) is 3. The van der Waals surface area contributed by atoms with Gasteiger partial charge in [-0.2, -0.15) is 0 Å². The van der Waals surface area contributed by atoms with Crippen LogP contribution in [0.4, 0.5) is 5.69 Å². The van der Waals surface area contributed by atoms with Crippen molar-refractivity contribution in [1.29, 1.82) is 0 Å². The minimum absolute atomic E-state index is 0.0102. The average molecular weight is 422 g/mol. The SMILES string of the molecule is Cc1cc(Br)ccc1NC(=O)CNC(=O)CN1CCC[C@H]2CCCC[C@@H]21. The maximum atomic E-state index is 12.3. The minimum Gasteiger partial charge on any atom is -0.346 e. The zero-order valence-electron chi connectivity index (χ0n) is 15.4. The summed E-state index contributed by atoms with van der Waals surface area (Å²) in [4.78, 5) is 26.8. The molecule has 1 heterocycles. The summed E-state index contributed by atoms with van der Waals surface area (Å²) in [5.41, 5.74) is 1.75. The Morgan fingerprint density at radius 3 is 2.73 bits per heavy atom. The number of hydrogen-bond donors (Lipinski definition) is 2. The first-order valence-corrected chi connectivity index (χ1v) is 10.4. The van der Waals surface area contributed by atoms with Crippen molar-refractivity contribution in [2.75, 3.05) is 25.0 Å². The largest absolute Gasteiger partial charge is 0.346 e. The second-order valence-corrected chi connectivity index (χ2v) is 8.42. The third-order valence-electron chi connectivity index (χ3n) is 5.61. The fraction of sp³-hybridized carbons (Fsp3) is 0.600. The molecule has 2 N–H and O–H groups in total. The van der Waals surface area contributed by atoms with Crippen LogP contribution in [-0.2, 0) is 9.59 Å². The van der Waals surface area contributed by atoms with Crippen LogP contribution >= 0.6 is 15.9 Å². The molecule has 1 aromatic carbocycles. The first-order valence-electron chi connectivity index (χ1n) is 9.59. The van der Waals surface area contributed by atoms with Gasteiger partial charge in [-0.3, -0.25) is 14.5 Å².